The zero-order chi connectivity index (χ0) is 30.1. The minimum atomic E-state index is -1.22. The van der Waals surface area contributed by atoms with E-state index in [1.807, 2.05) is 66.8 Å². The summed E-state index contributed by atoms with van der Waals surface area (Å²) in [7, 11) is 0. The van der Waals surface area contributed by atoms with Gasteiger partial charge in [0.25, 0.3) is 0 Å². The third kappa shape index (κ3) is 7.79. The number of hydrogen-bond acceptors (Lipinski definition) is 1. The monoisotopic (exact) mass is 570 g/mol. The van der Waals surface area contributed by atoms with Crippen LogP contribution in [-0.2, 0) is 4.74 Å². The highest BCUT2D eigenvalue weighted by Crippen LogP contribution is 2.09. The molecule has 2 heterocycles. The van der Waals surface area contributed by atoms with E-state index in [0.29, 0.717) is 0 Å². The Morgan fingerprint density at radius 2 is 0.864 bits per heavy atom. The van der Waals surface area contributed by atoms with Gasteiger partial charge in [-0.1, -0.05) is 164 Å². The fraction of sp³-hybridized carbons (Fsp3) is 0. The van der Waals surface area contributed by atoms with Gasteiger partial charge < -0.3 is 4.74 Å². The molecule has 0 N–H and O–H groups in total. The van der Waals surface area contributed by atoms with E-state index in [9.17, 15) is 0 Å². The molecule has 5 aromatic rings. The predicted molar refractivity (Wildman–Crippen MR) is 188 cm³/mol. The largest absolute Gasteiger partial charge is 0.473 e. The minimum absolute atomic E-state index is 1.11. The Morgan fingerprint density at radius 3 is 1.32 bits per heavy atom. The smallest absolute Gasteiger partial charge is 0.318 e. The summed E-state index contributed by atoms with van der Waals surface area (Å²) in [6, 6.07) is 47.3. The Morgan fingerprint density at radius 1 is 0.455 bits per heavy atom. The highest BCUT2D eigenvalue weighted by molar-refractivity contribution is 7.19. The molecule has 0 atom stereocenters. The molecule has 4 aromatic carbocycles. The van der Waals surface area contributed by atoms with E-state index in [1.54, 1.807) is 25.1 Å². The molecular formula is C41H35BO2. The lowest BCUT2D eigenvalue weighted by atomic mass is 9.13. The first-order chi connectivity index (χ1) is 21.9. The van der Waals surface area contributed by atoms with Crippen LogP contribution in [0.1, 0.15) is 5.56 Å². The van der Waals surface area contributed by atoms with Crippen molar-refractivity contribution in [1.29, 1.82) is 0 Å². The molecule has 0 bridgehead atoms. The molecule has 0 amide bonds. The highest BCUT2D eigenvalue weighted by atomic mass is 16.5. The number of hydrogen-bond donors (Lipinski definition) is 0. The first-order valence-corrected chi connectivity index (χ1v) is 14.8. The molecule has 0 radical (unpaired) electrons. The summed E-state index contributed by atoms with van der Waals surface area (Å²) in [5.41, 5.74) is 7.58. The van der Waals surface area contributed by atoms with Crippen LogP contribution in [0.4, 0.5) is 0 Å². The van der Waals surface area contributed by atoms with Gasteiger partial charge in [-0.2, -0.15) is 21.9 Å². The SMILES string of the molecule is C(=CC=Cc1cc[o+]cc1)C=CC=C1C=COC=C1.c1ccc([B-](c2ccccc2)(c2ccccc2)c2ccccc2)cc1. The molecule has 1 aromatic heterocycles. The Hall–Kier alpha value is -5.67. The maximum absolute atomic E-state index is 4.95. The fourth-order valence-corrected chi connectivity index (χ4v) is 5.54. The van der Waals surface area contributed by atoms with E-state index in [4.69, 9.17) is 9.15 Å². The van der Waals surface area contributed by atoms with E-state index >= 15 is 0 Å². The van der Waals surface area contributed by atoms with Crippen molar-refractivity contribution in [1.82, 2.24) is 0 Å². The van der Waals surface area contributed by atoms with Crippen LogP contribution in [0, 0.1) is 0 Å². The second kappa shape index (κ2) is 16.1. The van der Waals surface area contributed by atoms with E-state index < -0.39 is 6.15 Å². The molecule has 3 heteroatoms. The Bertz CT molecular complexity index is 1560. The van der Waals surface area contributed by atoms with Crippen LogP contribution in [-0.4, -0.2) is 6.15 Å². The molecular weight excluding hydrogens is 535 g/mol. The number of ether oxygens (including phenoxy) is 1. The van der Waals surface area contributed by atoms with Crippen LogP contribution >= 0.6 is 0 Å². The third-order valence-corrected chi connectivity index (χ3v) is 7.58. The summed E-state index contributed by atoms with van der Waals surface area (Å²) in [6.45, 7) is 0. The van der Waals surface area contributed by atoms with Crippen molar-refractivity contribution in [2.75, 3.05) is 0 Å². The van der Waals surface area contributed by atoms with Gasteiger partial charge in [-0.05, 0) is 23.3 Å². The normalized spacial score (nSPS) is 12.7. The van der Waals surface area contributed by atoms with Gasteiger partial charge in [0.15, 0.2) is 0 Å². The molecule has 0 spiro atoms. The summed E-state index contributed by atoms with van der Waals surface area (Å²) < 4.78 is 9.89. The van der Waals surface area contributed by atoms with Crippen molar-refractivity contribution in [3.05, 3.63) is 218 Å². The van der Waals surface area contributed by atoms with E-state index in [-0.39, 0.29) is 0 Å². The Labute approximate surface area is 260 Å². The lowest BCUT2D eigenvalue weighted by molar-refractivity contribution is 0.398. The second-order valence-corrected chi connectivity index (χ2v) is 10.3. The molecule has 2 nitrogen and oxygen atoms in total. The van der Waals surface area contributed by atoms with Crippen LogP contribution in [0.3, 0.4) is 0 Å². The third-order valence-electron chi connectivity index (χ3n) is 7.58. The van der Waals surface area contributed by atoms with Crippen LogP contribution in [0.15, 0.2) is 217 Å². The lowest BCUT2D eigenvalue weighted by Gasteiger charge is -2.44. The quantitative estimate of drug-likeness (QED) is 0.108. The molecule has 0 unspecified atom stereocenters. The average molecular weight is 571 g/mol. The van der Waals surface area contributed by atoms with Crippen LogP contribution in [0.2, 0.25) is 0 Å². The lowest BCUT2D eigenvalue weighted by Crippen LogP contribution is -2.74. The van der Waals surface area contributed by atoms with Crippen LogP contribution < -0.4 is 21.9 Å². The van der Waals surface area contributed by atoms with E-state index in [2.05, 4.69) is 121 Å². The maximum Gasteiger partial charge on any atom is 0.318 e. The van der Waals surface area contributed by atoms with Gasteiger partial charge in [0.1, 0.15) is 6.15 Å². The molecule has 0 saturated heterocycles. The van der Waals surface area contributed by atoms with Crippen molar-refractivity contribution < 1.29 is 9.15 Å². The summed E-state index contributed by atoms with van der Waals surface area (Å²) in [6.07, 6.45) is 23.2. The van der Waals surface area contributed by atoms with Gasteiger partial charge in [-0.3, -0.25) is 0 Å². The van der Waals surface area contributed by atoms with Crippen molar-refractivity contribution in [2.45, 2.75) is 0 Å². The number of rotatable bonds is 8. The van der Waals surface area contributed by atoms with Crippen molar-refractivity contribution >= 4 is 34.1 Å². The summed E-state index contributed by atoms with van der Waals surface area (Å²) in [4.78, 5) is 0. The molecule has 6 rings (SSSR count). The van der Waals surface area contributed by atoms with Gasteiger partial charge in [0.2, 0.25) is 0 Å². The van der Waals surface area contributed by atoms with Crippen LogP contribution in [0.5, 0.6) is 0 Å². The summed E-state index contributed by atoms with van der Waals surface area (Å²) in [5, 5.41) is 0. The Balaban J connectivity index is 0.000000182. The molecule has 214 valence electrons. The molecule has 1 aliphatic rings. The van der Waals surface area contributed by atoms with Gasteiger partial charge in [0, 0.05) is 12.1 Å². The topological polar surface area (TPSA) is 20.5 Å². The van der Waals surface area contributed by atoms with Gasteiger partial charge in [0.05, 0.1) is 12.5 Å². The standard InChI is InChI=1S/C24H20B.C17H15O2/c1-5-13-21(14-6-1)25(22-15-7-2-8-16-22,23-17-9-3-10-18-23)24-19-11-4-12-20-24;1(2-4-6-16-8-12-18-13-9-16)3-5-7-17-10-14-19-15-11-17/h1-20H;1-15H/q-1;+1. The molecule has 0 saturated carbocycles. The minimum Gasteiger partial charge on any atom is -0.473 e. The van der Waals surface area contributed by atoms with Crippen LogP contribution in [0.25, 0.3) is 6.08 Å². The molecule has 44 heavy (non-hydrogen) atoms. The molecule has 1 aliphatic heterocycles. The fourth-order valence-electron chi connectivity index (χ4n) is 5.54. The predicted octanol–water partition coefficient (Wildman–Crippen LogP) is 7.73. The zero-order valence-corrected chi connectivity index (χ0v) is 24.6. The summed E-state index contributed by atoms with van der Waals surface area (Å²) >= 11 is 0. The zero-order valence-electron chi connectivity index (χ0n) is 24.6. The van der Waals surface area contributed by atoms with Gasteiger partial charge in [-0.25, -0.2) is 4.42 Å². The number of benzene rings is 4. The number of allylic oxidation sites excluding steroid dienone is 9. The first-order valence-electron chi connectivity index (χ1n) is 14.8. The Kier molecular flexibility index (Phi) is 10.9. The van der Waals surface area contributed by atoms with Crippen molar-refractivity contribution in [3.63, 3.8) is 0 Å². The van der Waals surface area contributed by atoms with Gasteiger partial charge >= 0.3 is 12.5 Å². The van der Waals surface area contributed by atoms with E-state index in [0.717, 1.165) is 11.1 Å². The maximum atomic E-state index is 4.95. The molecule has 0 aliphatic carbocycles. The van der Waals surface area contributed by atoms with E-state index in [1.165, 1.54) is 21.9 Å². The highest BCUT2D eigenvalue weighted by Gasteiger charge is 2.31. The van der Waals surface area contributed by atoms with Gasteiger partial charge in [-0.15, -0.1) is 0 Å². The van der Waals surface area contributed by atoms with Crippen molar-refractivity contribution in [3.8, 4) is 0 Å². The second-order valence-electron chi connectivity index (χ2n) is 10.3. The van der Waals surface area contributed by atoms with Crippen molar-refractivity contribution in [2.24, 2.45) is 0 Å². The molecule has 0 fully saturated rings. The first kappa shape index (κ1) is 29.8. The average Bonchev–Trinajstić information content (AvgIpc) is 3.11. The summed E-state index contributed by atoms with van der Waals surface area (Å²) in [5.74, 6) is 0.